The zero-order valence-corrected chi connectivity index (χ0v) is 23.5. The van der Waals surface area contributed by atoms with Gasteiger partial charge < -0.3 is 30.2 Å². The summed E-state index contributed by atoms with van der Waals surface area (Å²) in [5.74, 6) is -0.517. The molecule has 2 unspecified atom stereocenters. The highest BCUT2D eigenvalue weighted by Crippen LogP contribution is 2.23. The van der Waals surface area contributed by atoms with Gasteiger partial charge in [0.1, 0.15) is 0 Å². The maximum absolute atomic E-state index is 13.4. The second-order valence-electron chi connectivity index (χ2n) is 11.6. The molecule has 2 rings (SSSR count). The van der Waals surface area contributed by atoms with Crippen LogP contribution in [0.15, 0.2) is 48.5 Å². The Morgan fingerprint density at radius 2 is 0.974 bits per heavy atom. The molecule has 0 saturated carbocycles. The molecule has 0 aromatic heterocycles. The van der Waals surface area contributed by atoms with Crippen molar-refractivity contribution in [2.24, 2.45) is 0 Å². The Bertz CT molecular complexity index is 987. The van der Waals surface area contributed by atoms with E-state index in [9.17, 15) is 30.0 Å². The van der Waals surface area contributed by atoms with Crippen LogP contribution in [0, 0.1) is 0 Å². The molecule has 38 heavy (non-hydrogen) atoms. The molecule has 0 aliphatic carbocycles. The highest BCUT2D eigenvalue weighted by Gasteiger charge is 2.31. The van der Waals surface area contributed by atoms with Gasteiger partial charge in [0.25, 0.3) is 11.8 Å². The van der Waals surface area contributed by atoms with Gasteiger partial charge >= 0.3 is 0 Å². The van der Waals surface area contributed by atoms with Crippen molar-refractivity contribution in [3.63, 3.8) is 0 Å². The third-order valence-electron chi connectivity index (χ3n) is 6.55. The van der Waals surface area contributed by atoms with E-state index in [1.165, 1.54) is 0 Å². The minimum atomic E-state index is -1.19. The average Bonchev–Trinajstić information content (AvgIpc) is 2.84. The van der Waals surface area contributed by atoms with Crippen LogP contribution >= 0.6 is 0 Å². The van der Waals surface area contributed by atoms with Gasteiger partial charge in [-0.15, -0.1) is 0 Å². The summed E-state index contributed by atoms with van der Waals surface area (Å²) in [6.45, 7) is 11.4. The maximum Gasteiger partial charge on any atom is 0.254 e. The first-order valence-electron chi connectivity index (χ1n) is 13.1. The number of aliphatic hydroxyl groups excluding tert-OH is 4. The molecule has 0 saturated heterocycles. The summed E-state index contributed by atoms with van der Waals surface area (Å²) in [7, 11) is 0. The fourth-order valence-electron chi connectivity index (χ4n) is 4.51. The summed E-state index contributed by atoms with van der Waals surface area (Å²) in [6, 6.07) is 13.9. The topological polar surface area (TPSA) is 122 Å². The monoisotopic (exact) mass is 528 g/mol. The van der Waals surface area contributed by atoms with Crippen molar-refractivity contribution in [3.8, 4) is 0 Å². The number of hydrogen-bond acceptors (Lipinski definition) is 6. The third kappa shape index (κ3) is 8.11. The van der Waals surface area contributed by atoms with E-state index in [1.54, 1.807) is 58.3 Å². The molecule has 2 aromatic rings. The van der Waals surface area contributed by atoms with Crippen molar-refractivity contribution in [1.82, 2.24) is 9.80 Å². The van der Waals surface area contributed by atoms with Crippen LogP contribution in [0.1, 0.15) is 73.4 Å². The minimum absolute atomic E-state index is 0.0366. The lowest BCUT2D eigenvalue weighted by Gasteiger charge is -2.36. The summed E-state index contributed by atoms with van der Waals surface area (Å²) < 4.78 is 0. The van der Waals surface area contributed by atoms with Crippen LogP contribution in [0.4, 0.5) is 0 Å². The quantitative estimate of drug-likeness (QED) is 0.356. The summed E-state index contributed by atoms with van der Waals surface area (Å²) in [4.78, 5) is 29.9. The van der Waals surface area contributed by atoms with E-state index in [4.69, 9.17) is 0 Å². The van der Waals surface area contributed by atoms with Crippen LogP contribution < -0.4 is 0 Å². The van der Waals surface area contributed by atoms with Gasteiger partial charge in [-0.3, -0.25) is 9.59 Å². The molecular formula is C30H44N2O6. The molecular weight excluding hydrogens is 484 g/mol. The second kappa shape index (κ2) is 13.3. The molecule has 0 aliphatic rings. The molecule has 8 nitrogen and oxygen atoms in total. The first kappa shape index (κ1) is 31.4. The highest BCUT2D eigenvalue weighted by molar-refractivity contribution is 5.96. The fraction of sp³-hybridized carbons (Fsp3) is 0.533. The largest absolute Gasteiger partial charge is 0.395 e. The minimum Gasteiger partial charge on any atom is -0.395 e. The normalized spacial score (nSPS) is 13.6. The van der Waals surface area contributed by atoms with Gasteiger partial charge in [0.2, 0.25) is 0 Å². The van der Waals surface area contributed by atoms with E-state index >= 15 is 0 Å². The number of benzene rings is 2. The lowest BCUT2D eigenvalue weighted by atomic mass is 9.92. The lowest BCUT2D eigenvalue weighted by molar-refractivity contribution is 0.0199. The van der Waals surface area contributed by atoms with Crippen LogP contribution in [0.2, 0.25) is 0 Å². The Hall–Kier alpha value is -2.78. The van der Waals surface area contributed by atoms with Crippen LogP contribution in [-0.4, -0.2) is 91.6 Å². The highest BCUT2D eigenvalue weighted by atomic mass is 16.3. The molecule has 4 N–H and O–H groups in total. The molecule has 2 atom stereocenters. The molecule has 8 heteroatoms. The van der Waals surface area contributed by atoms with Gasteiger partial charge in [0, 0.05) is 48.1 Å². The van der Waals surface area contributed by atoms with E-state index < -0.39 is 23.3 Å². The Labute approximate surface area is 226 Å². The number of nitrogens with zero attached hydrogens (tertiary/aromatic N) is 2. The Kier molecular flexibility index (Phi) is 11.0. The van der Waals surface area contributed by atoms with Crippen LogP contribution in [-0.2, 0) is 12.8 Å². The summed E-state index contributed by atoms with van der Waals surface area (Å²) in [5, 5.41) is 40.9. The lowest BCUT2D eigenvalue weighted by Crippen LogP contribution is -2.47. The van der Waals surface area contributed by atoms with Gasteiger partial charge in [0.05, 0.1) is 25.4 Å². The van der Waals surface area contributed by atoms with Gasteiger partial charge in [-0.1, -0.05) is 36.4 Å². The summed E-state index contributed by atoms with van der Waals surface area (Å²) in [6.07, 6.45) is -2.31. The Morgan fingerprint density at radius 1 is 0.658 bits per heavy atom. The van der Waals surface area contributed by atoms with E-state index in [0.717, 1.165) is 0 Å². The van der Waals surface area contributed by atoms with E-state index in [1.807, 2.05) is 41.5 Å². The number of amides is 2. The van der Waals surface area contributed by atoms with Crippen molar-refractivity contribution < 1.29 is 30.0 Å². The summed E-state index contributed by atoms with van der Waals surface area (Å²) in [5.41, 5.74) is 0.950. The maximum atomic E-state index is 13.4. The molecule has 210 valence electrons. The van der Waals surface area contributed by atoms with Crippen LogP contribution in [0.25, 0.3) is 0 Å². The van der Waals surface area contributed by atoms with Crippen molar-refractivity contribution in [2.45, 2.75) is 77.7 Å². The molecule has 0 bridgehead atoms. The van der Waals surface area contributed by atoms with Gasteiger partial charge in [-0.05, 0) is 64.8 Å². The average molecular weight is 529 g/mol. The number of hydrogen-bond donors (Lipinski definition) is 4. The van der Waals surface area contributed by atoms with E-state index in [-0.39, 0.29) is 51.0 Å². The number of β-amino-alcohol motifs (C(OH)–C–C–N with tert-alkyl or cyclic N) is 2. The zero-order chi connectivity index (χ0) is 28.7. The van der Waals surface area contributed by atoms with Crippen LogP contribution in [0.5, 0.6) is 0 Å². The second-order valence-corrected chi connectivity index (χ2v) is 11.6. The van der Waals surface area contributed by atoms with Gasteiger partial charge in [0.15, 0.2) is 0 Å². The van der Waals surface area contributed by atoms with Gasteiger partial charge in [-0.25, -0.2) is 0 Å². The summed E-state index contributed by atoms with van der Waals surface area (Å²) >= 11 is 0. The predicted octanol–water partition coefficient (Wildman–Crippen LogP) is 2.66. The Balaban J connectivity index is 2.27. The van der Waals surface area contributed by atoms with Crippen molar-refractivity contribution in [2.75, 3.05) is 26.3 Å². The molecule has 0 aliphatic heterocycles. The standard InChI is InChI=1S/C30H44N2O6/c1-29(2,3)31(15-17-33)27(37)23-13-9-7-11-21(23)19-25(35)26(36)20-22-12-8-10-14-24(22)28(38)32(16-18-34)30(4,5)6/h7-14,25-26,33-36H,15-20H2,1-6H3. The van der Waals surface area contributed by atoms with Crippen molar-refractivity contribution in [1.29, 1.82) is 0 Å². The molecule has 0 fully saturated rings. The van der Waals surface area contributed by atoms with Gasteiger partial charge in [-0.2, -0.15) is 0 Å². The predicted molar refractivity (Wildman–Crippen MR) is 148 cm³/mol. The third-order valence-corrected chi connectivity index (χ3v) is 6.55. The van der Waals surface area contributed by atoms with E-state index in [2.05, 4.69) is 0 Å². The van der Waals surface area contributed by atoms with Crippen molar-refractivity contribution in [3.05, 3.63) is 70.8 Å². The first-order chi connectivity index (χ1) is 17.7. The van der Waals surface area contributed by atoms with Crippen LogP contribution in [0.3, 0.4) is 0 Å². The first-order valence-corrected chi connectivity index (χ1v) is 13.1. The zero-order valence-electron chi connectivity index (χ0n) is 23.5. The Morgan fingerprint density at radius 3 is 1.26 bits per heavy atom. The molecule has 2 amide bonds. The molecule has 0 radical (unpaired) electrons. The fourth-order valence-corrected chi connectivity index (χ4v) is 4.51. The molecule has 0 spiro atoms. The molecule has 2 aromatic carbocycles. The number of carbonyl (C=O) groups is 2. The number of aliphatic hydroxyl groups is 4. The molecule has 0 heterocycles. The van der Waals surface area contributed by atoms with E-state index in [0.29, 0.717) is 22.3 Å². The smallest absolute Gasteiger partial charge is 0.254 e. The van der Waals surface area contributed by atoms with Crippen molar-refractivity contribution >= 4 is 11.8 Å². The SMILES string of the molecule is CC(C)(C)N(CCO)C(=O)c1ccccc1CC(O)C(O)Cc1ccccc1C(=O)N(CCO)C(C)(C)C. The number of carbonyl (C=O) groups excluding carboxylic acids is 2. The number of rotatable bonds is 11.